The molecule has 0 heterocycles. The second-order valence-electron chi connectivity index (χ2n) is 3.63. The number of alkyl halides is 3. The molecule has 17 heavy (non-hydrogen) atoms. The minimum absolute atomic E-state index is 0.370. The average molecular weight is 326 g/mol. The number of carbonyl (C=O) groups excluding carboxylic acids is 1. The fraction of sp³-hybridized carbons (Fsp3) is 0.857. The predicted octanol–water partition coefficient (Wildman–Crippen LogP) is 1.25. The van der Waals surface area contributed by atoms with Crippen LogP contribution in [0.15, 0.2) is 0 Å². The number of hydrogen-bond acceptors (Lipinski definition) is 2. The zero-order valence-electron chi connectivity index (χ0n) is 9.95. The van der Waals surface area contributed by atoms with E-state index >= 15 is 0 Å². The van der Waals surface area contributed by atoms with Crippen molar-refractivity contribution in [1.82, 2.24) is 19.7 Å². The molecule has 0 aromatic heterocycles. The Morgan fingerprint density at radius 2 is 1.59 bits per heavy atom. The standard InChI is InChI=1S/C7H16Cl3N4O2P/c1-13(2)17(16,14(3)4)12-6(11-5-15)7(8,9)10/h5-6H,1-4H3,(H,11,15)(H,12,16). The van der Waals surface area contributed by atoms with Crippen LogP contribution in [-0.4, -0.2) is 53.9 Å². The summed E-state index contributed by atoms with van der Waals surface area (Å²) in [6, 6.07) is 0. The van der Waals surface area contributed by atoms with Gasteiger partial charge in [-0.2, -0.15) is 0 Å². The van der Waals surface area contributed by atoms with Crippen molar-refractivity contribution in [3.8, 4) is 0 Å². The van der Waals surface area contributed by atoms with Gasteiger partial charge in [-0.1, -0.05) is 34.8 Å². The third-order valence-corrected chi connectivity index (χ3v) is 5.36. The van der Waals surface area contributed by atoms with Crippen molar-refractivity contribution in [2.24, 2.45) is 0 Å². The highest BCUT2D eigenvalue weighted by Crippen LogP contribution is 2.47. The summed E-state index contributed by atoms with van der Waals surface area (Å²) in [5.74, 6) is 0. The van der Waals surface area contributed by atoms with E-state index in [1.807, 2.05) is 0 Å². The van der Waals surface area contributed by atoms with Crippen LogP contribution in [0.25, 0.3) is 0 Å². The van der Waals surface area contributed by atoms with Crippen LogP contribution >= 0.6 is 42.4 Å². The largest absolute Gasteiger partial charge is 0.339 e. The fourth-order valence-corrected chi connectivity index (χ4v) is 3.39. The molecule has 0 aromatic carbocycles. The van der Waals surface area contributed by atoms with E-state index in [-0.39, 0.29) is 0 Å². The summed E-state index contributed by atoms with van der Waals surface area (Å²) in [6.07, 6.45) is -0.699. The Morgan fingerprint density at radius 1 is 1.18 bits per heavy atom. The SMILES string of the molecule is CN(C)P(=O)(NC(NC=O)C(Cl)(Cl)Cl)N(C)C. The summed E-state index contributed by atoms with van der Waals surface area (Å²) in [5.41, 5.74) is 0. The maximum Gasteiger partial charge on any atom is 0.285 e. The lowest BCUT2D eigenvalue weighted by atomic mass is 10.6. The number of carbonyl (C=O) groups is 1. The number of rotatable bonds is 6. The van der Waals surface area contributed by atoms with Crippen LogP contribution in [0.4, 0.5) is 0 Å². The number of halogens is 3. The zero-order valence-corrected chi connectivity index (χ0v) is 13.1. The van der Waals surface area contributed by atoms with E-state index in [0.717, 1.165) is 0 Å². The zero-order chi connectivity index (χ0) is 13.9. The van der Waals surface area contributed by atoms with E-state index in [1.54, 1.807) is 28.2 Å². The molecule has 0 fully saturated rings. The second-order valence-corrected chi connectivity index (χ2v) is 8.94. The number of amides is 1. The third kappa shape index (κ3) is 4.91. The summed E-state index contributed by atoms with van der Waals surface area (Å²) in [5, 5.41) is 4.91. The second kappa shape index (κ2) is 6.57. The van der Waals surface area contributed by atoms with Crippen molar-refractivity contribution in [1.29, 1.82) is 0 Å². The van der Waals surface area contributed by atoms with Gasteiger partial charge in [0.05, 0.1) is 0 Å². The molecule has 0 aliphatic rings. The molecule has 0 spiro atoms. The average Bonchev–Trinajstić information content (AvgIpc) is 2.14. The topological polar surface area (TPSA) is 64.7 Å². The highest BCUT2D eigenvalue weighted by Gasteiger charge is 2.40. The van der Waals surface area contributed by atoms with Crippen molar-refractivity contribution < 1.29 is 9.36 Å². The molecule has 0 saturated heterocycles. The first-order chi connectivity index (χ1) is 7.55. The Labute approximate surface area is 116 Å². The van der Waals surface area contributed by atoms with Crippen LogP contribution in [0, 0.1) is 0 Å². The molecule has 0 saturated carbocycles. The highest BCUT2D eigenvalue weighted by molar-refractivity contribution is 7.56. The van der Waals surface area contributed by atoms with Gasteiger partial charge in [0.2, 0.25) is 10.2 Å². The van der Waals surface area contributed by atoms with Crippen molar-refractivity contribution in [3.63, 3.8) is 0 Å². The molecule has 10 heteroatoms. The number of hydrogen-bond donors (Lipinski definition) is 2. The Hall–Kier alpha value is 0.450. The molecule has 6 nitrogen and oxygen atoms in total. The quantitative estimate of drug-likeness (QED) is 0.333. The van der Waals surface area contributed by atoms with Crippen molar-refractivity contribution in [3.05, 3.63) is 0 Å². The van der Waals surface area contributed by atoms with Crippen molar-refractivity contribution in [2.45, 2.75) is 9.96 Å². The van der Waals surface area contributed by atoms with Crippen LogP contribution in [0.1, 0.15) is 0 Å². The lowest BCUT2D eigenvalue weighted by molar-refractivity contribution is -0.110. The van der Waals surface area contributed by atoms with Gasteiger partial charge in [-0.05, 0) is 28.2 Å². The fourth-order valence-electron chi connectivity index (χ4n) is 1.03. The Balaban J connectivity index is 5.08. The molecule has 1 amide bonds. The molecule has 2 N–H and O–H groups in total. The molecule has 1 atom stereocenters. The molecule has 0 aromatic rings. The third-order valence-electron chi connectivity index (χ3n) is 1.94. The van der Waals surface area contributed by atoms with E-state index in [2.05, 4.69) is 10.4 Å². The molecule has 0 aliphatic carbocycles. The van der Waals surface area contributed by atoms with Crippen LogP contribution in [0.3, 0.4) is 0 Å². The first-order valence-electron chi connectivity index (χ1n) is 4.55. The van der Waals surface area contributed by atoms with Crippen LogP contribution < -0.4 is 10.4 Å². The summed E-state index contributed by atoms with van der Waals surface area (Å²) in [6.45, 7) is 0. The van der Waals surface area contributed by atoms with Gasteiger partial charge in [-0.25, -0.2) is 14.4 Å². The van der Waals surface area contributed by atoms with E-state index in [9.17, 15) is 9.36 Å². The smallest absolute Gasteiger partial charge is 0.285 e. The van der Waals surface area contributed by atoms with E-state index < -0.39 is 17.6 Å². The van der Waals surface area contributed by atoms with Gasteiger partial charge in [0.15, 0.2) is 0 Å². The van der Waals surface area contributed by atoms with Gasteiger partial charge in [0.1, 0.15) is 6.17 Å². The van der Waals surface area contributed by atoms with Crippen LogP contribution in [-0.2, 0) is 9.36 Å². The van der Waals surface area contributed by atoms with Gasteiger partial charge >= 0.3 is 0 Å². The number of nitrogens with zero attached hydrogens (tertiary/aromatic N) is 2. The molecule has 1 unspecified atom stereocenters. The van der Waals surface area contributed by atoms with Gasteiger partial charge in [0, 0.05) is 0 Å². The Kier molecular flexibility index (Phi) is 6.74. The molecule has 0 radical (unpaired) electrons. The van der Waals surface area contributed by atoms with Crippen molar-refractivity contribution >= 4 is 48.8 Å². The monoisotopic (exact) mass is 324 g/mol. The van der Waals surface area contributed by atoms with E-state index in [0.29, 0.717) is 6.41 Å². The summed E-state index contributed by atoms with van der Waals surface area (Å²) in [4.78, 5) is 10.4. The lowest BCUT2D eigenvalue weighted by Gasteiger charge is -2.36. The maximum atomic E-state index is 12.6. The lowest BCUT2D eigenvalue weighted by Crippen LogP contribution is -2.52. The highest BCUT2D eigenvalue weighted by atomic mass is 35.6. The van der Waals surface area contributed by atoms with Crippen molar-refractivity contribution in [2.75, 3.05) is 28.2 Å². The molecular formula is C7H16Cl3N4O2P. The summed E-state index contributed by atoms with van der Waals surface area (Å²) >= 11 is 17.0. The first kappa shape index (κ1) is 17.4. The normalized spacial score (nSPS) is 15.1. The predicted molar refractivity (Wildman–Crippen MR) is 71.4 cm³/mol. The van der Waals surface area contributed by atoms with Crippen LogP contribution in [0.2, 0.25) is 0 Å². The van der Waals surface area contributed by atoms with Crippen LogP contribution in [0.5, 0.6) is 0 Å². The first-order valence-corrected chi connectivity index (χ1v) is 7.30. The minimum atomic E-state index is -3.10. The molecular weight excluding hydrogens is 309 g/mol. The summed E-state index contributed by atoms with van der Waals surface area (Å²) < 4.78 is 13.7. The molecule has 102 valence electrons. The van der Waals surface area contributed by atoms with Gasteiger partial charge in [-0.15, -0.1) is 0 Å². The van der Waals surface area contributed by atoms with Gasteiger partial charge in [0.25, 0.3) is 7.59 Å². The van der Waals surface area contributed by atoms with Gasteiger partial charge < -0.3 is 5.32 Å². The Bertz CT molecular complexity index is 296. The van der Waals surface area contributed by atoms with Gasteiger partial charge in [-0.3, -0.25) is 9.36 Å². The minimum Gasteiger partial charge on any atom is -0.339 e. The molecule has 0 bridgehead atoms. The number of nitrogens with one attached hydrogen (secondary N) is 2. The molecule has 0 rings (SSSR count). The molecule has 0 aliphatic heterocycles. The Morgan fingerprint density at radius 3 is 1.82 bits per heavy atom. The maximum absolute atomic E-state index is 12.6. The van der Waals surface area contributed by atoms with E-state index in [1.165, 1.54) is 9.34 Å². The van der Waals surface area contributed by atoms with E-state index in [4.69, 9.17) is 34.8 Å². The summed E-state index contributed by atoms with van der Waals surface area (Å²) in [7, 11) is 3.36.